The number of hydrogen-bond donors (Lipinski definition) is 6. The van der Waals surface area contributed by atoms with Crippen molar-refractivity contribution in [1.82, 2.24) is 20.9 Å². The van der Waals surface area contributed by atoms with E-state index < -0.39 is 36.9 Å². The van der Waals surface area contributed by atoms with Gasteiger partial charge in [0, 0.05) is 23.5 Å². The standard InChI is InChI=1S/C19H26N4O4S/c1-28-7-6-14-17(25)23-16(10-24)19(27)22-15(18(26)21-14)8-11-9-20-13-5-3-2-4-12(11)13/h2-5,9,14-17,20,23-25H,6-8,10H2,1H3,(H,21,26)(H,22,27)/t14-,15-,16-,17?/m0/s1. The van der Waals surface area contributed by atoms with Crippen molar-refractivity contribution in [2.45, 2.75) is 37.2 Å². The minimum Gasteiger partial charge on any atom is -0.394 e. The normalized spacial score (nSPS) is 26.2. The monoisotopic (exact) mass is 406 g/mol. The summed E-state index contributed by atoms with van der Waals surface area (Å²) in [4.78, 5) is 28.6. The molecule has 1 aromatic carbocycles. The highest BCUT2D eigenvalue weighted by atomic mass is 32.2. The Balaban J connectivity index is 1.85. The number of aromatic nitrogens is 1. The Labute approximate surface area is 167 Å². The number of hydrogen-bond acceptors (Lipinski definition) is 6. The molecular formula is C19H26N4O4S. The van der Waals surface area contributed by atoms with Crippen LogP contribution in [0.1, 0.15) is 12.0 Å². The first-order valence-corrected chi connectivity index (χ1v) is 10.6. The number of carbonyl (C=O) groups excluding carboxylic acids is 2. The van der Waals surface area contributed by atoms with E-state index in [1.165, 1.54) is 0 Å². The van der Waals surface area contributed by atoms with E-state index >= 15 is 0 Å². The number of carbonyl (C=O) groups is 2. The van der Waals surface area contributed by atoms with Crippen LogP contribution in [0, 0.1) is 0 Å². The number of H-pyrrole nitrogens is 1. The van der Waals surface area contributed by atoms with Gasteiger partial charge in [-0.25, -0.2) is 0 Å². The van der Waals surface area contributed by atoms with Crippen molar-refractivity contribution in [2.24, 2.45) is 0 Å². The zero-order valence-electron chi connectivity index (χ0n) is 15.6. The number of nitrogens with one attached hydrogen (secondary N) is 4. The minimum absolute atomic E-state index is 0.297. The van der Waals surface area contributed by atoms with Crippen LogP contribution in [0.15, 0.2) is 30.5 Å². The van der Waals surface area contributed by atoms with Gasteiger partial charge in [-0.3, -0.25) is 14.9 Å². The topological polar surface area (TPSA) is 126 Å². The van der Waals surface area contributed by atoms with Gasteiger partial charge in [-0.05, 0) is 30.1 Å². The number of rotatable bonds is 6. The molecule has 2 aromatic rings. The van der Waals surface area contributed by atoms with Crippen LogP contribution in [-0.2, 0) is 16.0 Å². The lowest BCUT2D eigenvalue weighted by molar-refractivity contribution is -0.130. The second-order valence-electron chi connectivity index (χ2n) is 6.87. The summed E-state index contributed by atoms with van der Waals surface area (Å²) in [6, 6.07) is 5.37. The van der Waals surface area contributed by atoms with Crippen LogP contribution >= 0.6 is 11.8 Å². The van der Waals surface area contributed by atoms with E-state index in [2.05, 4.69) is 20.9 Å². The van der Waals surface area contributed by atoms with Gasteiger partial charge in [-0.15, -0.1) is 0 Å². The zero-order valence-corrected chi connectivity index (χ0v) is 16.5. The summed E-state index contributed by atoms with van der Waals surface area (Å²) in [6.45, 7) is -0.480. The Morgan fingerprint density at radius 2 is 1.86 bits per heavy atom. The molecule has 152 valence electrons. The first kappa shape index (κ1) is 20.7. The van der Waals surface area contributed by atoms with Gasteiger partial charge in [0.25, 0.3) is 0 Å². The quantitative estimate of drug-likeness (QED) is 0.392. The predicted molar refractivity (Wildman–Crippen MR) is 109 cm³/mol. The summed E-state index contributed by atoms with van der Waals surface area (Å²) in [5.74, 6) is -0.140. The van der Waals surface area contributed by atoms with Crippen LogP contribution in [0.3, 0.4) is 0 Å². The van der Waals surface area contributed by atoms with Crippen LogP contribution in [-0.4, -0.2) is 70.0 Å². The Kier molecular flexibility index (Phi) is 6.95. The molecule has 4 atom stereocenters. The zero-order chi connectivity index (χ0) is 20.1. The maximum absolute atomic E-state index is 12.9. The van der Waals surface area contributed by atoms with E-state index in [4.69, 9.17) is 0 Å². The summed E-state index contributed by atoms with van der Waals surface area (Å²) in [5, 5.41) is 29.2. The van der Waals surface area contributed by atoms with E-state index in [0.717, 1.165) is 22.2 Å². The first-order valence-electron chi connectivity index (χ1n) is 9.23. The fraction of sp³-hybridized carbons (Fsp3) is 0.474. The molecule has 2 amide bonds. The van der Waals surface area contributed by atoms with Gasteiger partial charge < -0.3 is 25.8 Å². The van der Waals surface area contributed by atoms with Gasteiger partial charge in [-0.1, -0.05) is 18.2 Å². The van der Waals surface area contributed by atoms with E-state index in [1.54, 1.807) is 11.8 Å². The molecule has 1 aliphatic heterocycles. The number of amides is 2. The average Bonchev–Trinajstić information content (AvgIpc) is 3.11. The molecule has 3 rings (SSSR count). The minimum atomic E-state index is -1.13. The van der Waals surface area contributed by atoms with Crippen LogP contribution in [0.5, 0.6) is 0 Å². The van der Waals surface area contributed by atoms with Crippen LogP contribution in [0.2, 0.25) is 0 Å². The molecule has 1 fully saturated rings. The van der Waals surface area contributed by atoms with E-state index in [1.807, 2.05) is 36.7 Å². The van der Waals surface area contributed by atoms with Crippen molar-refractivity contribution in [2.75, 3.05) is 18.6 Å². The van der Waals surface area contributed by atoms with Gasteiger partial charge in [-0.2, -0.15) is 11.8 Å². The summed E-state index contributed by atoms with van der Waals surface area (Å²) in [5.41, 5.74) is 1.86. The lowest BCUT2D eigenvalue weighted by Gasteiger charge is -2.26. The molecule has 6 N–H and O–H groups in total. The highest BCUT2D eigenvalue weighted by Crippen LogP contribution is 2.19. The molecule has 0 spiro atoms. The third-order valence-electron chi connectivity index (χ3n) is 4.94. The van der Waals surface area contributed by atoms with Gasteiger partial charge in [0.1, 0.15) is 18.3 Å². The first-order chi connectivity index (χ1) is 13.5. The van der Waals surface area contributed by atoms with Crippen molar-refractivity contribution < 1.29 is 19.8 Å². The maximum atomic E-state index is 12.9. The molecule has 1 unspecified atom stereocenters. The molecule has 1 aromatic heterocycles. The Hall–Kier alpha value is -2.07. The highest BCUT2D eigenvalue weighted by molar-refractivity contribution is 7.98. The lowest BCUT2D eigenvalue weighted by Crippen LogP contribution is -2.55. The molecule has 2 heterocycles. The number of aliphatic hydroxyl groups is 2. The molecule has 8 nitrogen and oxygen atoms in total. The van der Waals surface area contributed by atoms with Crippen molar-refractivity contribution in [3.63, 3.8) is 0 Å². The maximum Gasteiger partial charge on any atom is 0.243 e. The number of para-hydroxylation sites is 1. The fourth-order valence-corrected chi connectivity index (χ4v) is 3.86. The summed E-state index contributed by atoms with van der Waals surface area (Å²) in [7, 11) is 0. The lowest BCUT2D eigenvalue weighted by atomic mass is 10.0. The average molecular weight is 407 g/mol. The second kappa shape index (κ2) is 9.42. The van der Waals surface area contributed by atoms with Crippen molar-refractivity contribution >= 4 is 34.5 Å². The molecule has 0 bridgehead atoms. The molecule has 0 aliphatic carbocycles. The third-order valence-corrected chi connectivity index (χ3v) is 5.59. The molecule has 0 radical (unpaired) electrons. The van der Waals surface area contributed by atoms with Crippen LogP contribution in [0.4, 0.5) is 0 Å². The summed E-state index contributed by atoms with van der Waals surface area (Å²) < 4.78 is 0. The Bertz CT molecular complexity index is 827. The second-order valence-corrected chi connectivity index (χ2v) is 7.85. The Morgan fingerprint density at radius 1 is 1.11 bits per heavy atom. The molecular weight excluding hydrogens is 380 g/mol. The number of fused-ring (bicyclic) bond motifs is 1. The smallest absolute Gasteiger partial charge is 0.243 e. The largest absolute Gasteiger partial charge is 0.394 e. The van der Waals surface area contributed by atoms with Gasteiger partial charge >= 0.3 is 0 Å². The van der Waals surface area contributed by atoms with Gasteiger partial charge in [0.2, 0.25) is 11.8 Å². The van der Waals surface area contributed by atoms with E-state index in [-0.39, 0.29) is 5.91 Å². The fourth-order valence-electron chi connectivity index (χ4n) is 3.37. The number of aliphatic hydroxyl groups excluding tert-OH is 2. The number of thioether (sulfide) groups is 1. The van der Waals surface area contributed by atoms with E-state index in [9.17, 15) is 19.8 Å². The summed E-state index contributed by atoms with van der Waals surface area (Å²) >= 11 is 1.60. The predicted octanol–water partition coefficient (Wildman–Crippen LogP) is -0.284. The Morgan fingerprint density at radius 3 is 2.61 bits per heavy atom. The molecule has 9 heteroatoms. The molecule has 1 aliphatic rings. The van der Waals surface area contributed by atoms with Crippen molar-refractivity contribution in [3.05, 3.63) is 36.0 Å². The third kappa shape index (κ3) is 4.67. The van der Waals surface area contributed by atoms with E-state index in [0.29, 0.717) is 12.8 Å². The van der Waals surface area contributed by atoms with Crippen molar-refractivity contribution in [3.8, 4) is 0 Å². The SMILES string of the molecule is CSCC[C@@H]1NC(=O)[C@H](Cc2c[nH]c3ccccc23)NC(=O)[C@H](CO)NC1O. The number of aromatic amines is 1. The molecule has 1 saturated heterocycles. The van der Waals surface area contributed by atoms with Crippen LogP contribution < -0.4 is 16.0 Å². The highest BCUT2D eigenvalue weighted by Gasteiger charge is 2.33. The summed E-state index contributed by atoms with van der Waals surface area (Å²) in [6.07, 6.45) is 3.47. The van der Waals surface area contributed by atoms with Gasteiger partial charge in [0.05, 0.1) is 12.6 Å². The molecule has 0 saturated carbocycles. The number of benzene rings is 1. The molecule has 28 heavy (non-hydrogen) atoms. The van der Waals surface area contributed by atoms with Gasteiger partial charge in [0.15, 0.2) is 0 Å². The van der Waals surface area contributed by atoms with Crippen LogP contribution in [0.25, 0.3) is 10.9 Å². The van der Waals surface area contributed by atoms with Crippen molar-refractivity contribution in [1.29, 1.82) is 0 Å².